The number of amides is 1. The van der Waals surface area contributed by atoms with E-state index in [1.54, 1.807) is 23.1 Å². The van der Waals surface area contributed by atoms with Crippen LogP contribution < -0.4 is 0 Å². The van der Waals surface area contributed by atoms with Crippen LogP contribution in [0, 0.1) is 10.1 Å². The second-order valence-corrected chi connectivity index (χ2v) is 4.81. The number of non-ortho nitro benzene ring substituents is 1. The standard InChI is InChI=1S/C14H17N3O3/c1-15-7-9-16(10-8-15)14(18)6-5-12-3-2-4-13(11-12)17(19)20/h2-6,11H,7-10H2,1H3. The lowest BCUT2D eigenvalue weighted by atomic mass is 10.2. The van der Waals surface area contributed by atoms with E-state index in [1.165, 1.54) is 18.2 Å². The van der Waals surface area contributed by atoms with Crippen molar-refractivity contribution in [3.8, 4) is 0 Å². The highest BCUT2D eigenvalue weighted by atomic mass is 16.6. The van der Waals surface area contributed by atoms with Gasteiger partial charge in [-0.25, -0.2) is 0 Å². The van der Waals surface area contributed by atoms with E-state index in [2.05, 4.69) is 4.90 Å². The second-order valence-electron chi connectivity index (χ2n) is 4.81. The molecule has 20 heavy (non-hydrogen) atoms. The molecule has 1 aliphatic rings. The van der Waals surface area contributed by atoms with Gasteiger partial charge in [0.25, 0.3) is 5.69 Å². The summed E-state index contributed by atoms with van der Waals surface area (Å²) in [5, 5.41) is 10.7. The molecular weight excluding hydrogens is 258 g/mol. The first-order valence-electron chi connectivity index (χ1n) is 6.46. The molecule has 0 radical (unpaired) electrons. The summed E-state index contributed by atoms with van der Waals surface area (Å²) >= 11 is 0. The first kappa shape index (κ1) is 14.2. The molecule has 0 unspecified atom stereocenters. The number of hydrogen-bond donors (Lipinski definition) is 0. The molecule has 0 bridgehead atoms. The van der Waals surface area contributed by atoms with Gasteiger partial charge >= 0.3 is 0 Å². The molecule has 1 aromatic carbocycles. The molecule has 1 aliphatic heterocycles. The van der Waals surface area contributed by atoms with Gasteiger partial charge in [0, 0.05) is 44.4 Å². The highest BCUT2D eigenvalue weighted by Crippen LogP contribution is 2.14. The second kappa shape index (κ2) is 6.29. The van der Waals surface area contributed by atoms with Gasteiger partial charge in [-0.2, -0.15) is 0 Å². The summed E-state index contributed by atoms with van der Waals surface area (Å²) in [7, 11) is 2.03. The minimum Gasteiger partial charge on any atom is -0.337 e. The van der Waals surface area contributed by atoms with Gasteiger partial charge in [-0.3, -0.25) is 14.9 Å². The average Bonchev–Trinajstić information content (AvgIpc) is 2.46. The van der Waals surface area contributed by atoms with Crippen molar-refractivity contribution in [2.45, 2.75) is 0 Å². The molecule has 0 aliphatic carbocycles. The number of carbonyl (C=O) groups is 1. The van der Waals surface area contributed by atoms with Gasteiger partial charge in [0.2, 0.25) is 5.91 Å². The van der Waals surface area contributed by atoms with Crippen LogP contribution in [0.5, 0.6) is 0 Å². The Hall–Kier alpha value is -2.21. The monoisotopic (exact) mass is 275 g/mol. The van der Waals surface area contributed by atoms with Gasteiger partial charge in [-0.1, -0.05) is 12.1 Å². The van der Waals surface area contributed by atoms with E-state index >= 15 is 0 Å². The van der Waals surface area contributed by atoms with E-state index in [1.807, 2.05) is 7.05 Å². The lowest BCUT2D eigenvalue weighted by Gasteiger charge is -2.31. The first-order chi connectivity index (χ1) is 9.56. The van der Waals surface area contributed by atoms with Crippen molar-refractivity contribution in [1.82, 2.24) is 9.80 Å². The summed E-state index contributed by atoms with van der Waals surface area (Å²) < 4.78 is 0. The highest BCUT2D eigenvalue weighted by Gasteiger charge is 2.16. The molecule has 0 spiro atoms. The fourth-order valence-corrected chi connectivity index (χ4v) is 2.04. The third-order valence-electron chi connectivity index (χ3n) is 3.31. The van der Waals surface area contributed by atoms with E-state index in [-0.39, 0.29) is 11.6 Å². The summed E-state index contributed by atoms with van der Waals surface area (Å²) in [5.74, 6) is -0.0513. The largest absolute Gasteiger partial charge is 0.337 e. The minimum absolute atomic E-state index is 0.0270. The van der Waals surface area contributed by atoms with Crippen LogP contribution >= 0.6 is 0 Å². The zero-order valence-electron chi connectivity index (χ0n) is 11.4. The Morgan fingerprint density at radius 1 is 1.30 bits per heavy atom. The molecule has 1 amide bonds. The van der Waals surface area contributed by atoms with Crippen LogP contribution in [0.1, 0.15) is 5.56 Å². The molecule has 6 heteroatoms. The fraction of sp³-hybridized carbons (Fsp3) is 0.357. The van der Waals surface area contributed by atoms with E-state index in [9.17, 15) is 14.9 Å². The SMILES string of the molecule is CN1CCN(C(=O)C=Cc2cccc([N+](=O)[O-])c2)CC1. The normalized spacial score (nSPS) is 16.6. The Labute approximate surface area is 117 Å². The number of piperazine rings is 1. The number of rotatable bonds is 3. The number of likely N-dealkylation sites (N-methyl/N-ethyl adjacent to an activating group) is 1. The topological polar surface area (TPSA) is 66.7 Å². The van der Waals surface area contributed by atoms with Crippen LogP contribution in [0.15, 0.2) is 30.3 Å². The molecule has 0 N–H and O–H groups in total. The maximum absolute atomic E-state index is 12.0. The van der Waals surface area contributed by atoms with E-state index in [4.69, 9.17) is 0 Å². The van der Waals surface area contributed by atoms with Crippen molar-refractivity contribution in [1.29, 1.82) is 0 Å². The Morgan fingerprint density at radius 2 is 2.00 bits per heavy atom. The van der Waals surface area contributed by atoms with Gasteiger partial charge < -0.3 is 9.80 Å². The molecule has 6 nitrogen and oxygen atoms in total. The van der Waals surface area contributed by atoms with Crippen LogP contribution in [0.2, 0.25) is 0 Å². The molecule has 1 aromatic rings. The quantitative estimate of drug-likeness (QED) is 0.475. The third kappa shape index (κ3) is 3.64. The number of benzene rings is 1. The molecule has 1 fully saturated rings. The smallest absolute Gasteiger partial charge is 0.270 e. The highest BCUT2D eigenvalue weighted by molar-refractivity contribution is 5.91. The van der Waals surface area contributed by atoms with Crippen LogP contribution in [-0.4, -0.2) is 53.9 Å². The molecule has 1 saturated heterocycles. The molecular formula is C14H17N3O3. The van der Waals surface area contributed by atoms with Gasteiger partial charge in [0.1, 0.15) is 0 Å². The Kier molecular flexibility index (Phi) is 4.47. The van der Waals surface area contributed by atoms with Gasteiger partial charge in [-0.05, 0) is 18.7 Å². The zero-order chi connectivity index (χ0) is 14.5. The Bertz CT molecular complexity index is 534. The first-order valence-corrected chi connectivity index (χ1v) is 6.46. The van der Waals surface area contributed by atoms with Crippen molar-refractivity contribution in [2.24, 2.45) is 0 Å². The van der Waals surface area contributed by atoms with Crippen molar-refractivity contribution in [3.05, 3.63) is 46.0 Å². The predicted molar refractivity (Wildman–Crippen MR) is 76.2 cm³/mol. The lowest BCUT2D eigenvalue weighted by Crippen LogP contribution is -2.46. The summed E-state index contributed by atoms with van der Waals surface area (Å²) in [6.45, 7) is 3.18. The number of nitro benzene ring substituents is 1. The molecule has 1 heterocycles. The fourth-order valence-electron chi connectivity index (χ4n) is 2.04. The van der Waals surface area contributed by atoms with Crippen molar-refractivity contribution in [3.63, 3.8) is 0 Å². The number of carbonyl (C=O) groups excluding carboxylic acids is 1. The van der Waals surface area contributed by atoms with E-state index < -0.39 is 4.92 Å². The van der Waals surface area contributed by atoms with Crippen LogP contribution in [-0.2, 0) is 4.79 Å². The summed E-state index contributed by atoms with van der Waals surface area (Å²) in [5.41, 5.74) is 0.681. The third-order valence-corrected chi connectivity index (χ3v) is 3.31. The Morgan fingerprint density at radius 3 is 2.65 bits per heavy atom. The van der Waals surface area contributed by atoms with Gasteiger partial charge in [0.15, 0.2) is 0 Å². The van der Waals surface area contributed by atoms with E-state index in [0.717, 1.165) is 13.1 Å². The summed E-state index contributed by atoms with van der Waals surface area (Å²) in [6, 6.07) is 6.23. The van der Waals surface area contributed by atoms with Crippen molar-refractivity contribution < 1.29 is 9.72 Å². The number of nitrogens with zero attached hydrogens (tertiary/aromatic N) is 3. The average molecular weight is 275 g/mol. The van der Waals surface area contributed by atoms with Crippen LogP contribution in [0.3, 0.4) is 0 Å². The molecule has 0 atom stereocenters. The molecule has 0 saturated carbocycles. The van der Waals surface area contributed by atoms with Gasteiger partial charge in [-0.15, -0.1) is 0 Å². The number of nitro groups is 1. The minimum atomic E-state index is -0.445. The van der Waals surface area contributed by atoms with Gasteiger partial charge in [0.05, 0.1) is 4.92 Å². The molecule has 0 aromatic heterocycles. The maximum Gasteiger partial charge on any atom is 0.270 e. The lowest BCUT2D eigenvalue weighted by molar-refractivity contribution is -0.384. The van der Waals surface area contributed by atoms with Crippen LogP contribution in [0.25, 0.3) is 6.08 Å². The summed E-state index contributed by atoms with van der Waals surface area (Å²) in [6.07, 6.45) is 3.10. The van der Waals surface area contributed by atoms with Crippen molar-refractivity contribution >= 4 is 17.7 Å². The molecule has 2 rings (SSSR count). The zero-order valence-corrected chi connectivity index (χ0v) is 11.4. The molecule has 106 valence electrons. The Balaban J connectivity index is 2.00. The number of hydrogen-bond acceptors (Lipinski definition) is 4. The maximum atomic E-state index is 12.0. The van der Waals surface area contributed by atoms with Crippen molar-refractivity contribution in [2.75, 3.05) is 33.2 Å². The van der Waals surface area contributed by atoms with Crippen LogP contribution in [0.4, 0.5) is 5.69 Å². The van der Waals surface area contributed by atoms with E-state index in [0.29, 0.717) is 18.7 Å². The summed E-state index contributed by atoms with van der Waals surface area (Å²) in [4.78, 5) is 26.2. The predicted octanol–water partition coefficient (Wildman–Crippen LogP) is 1.38.